The maximum atomic E-state index is 12.6. The number of aryl methyl sites for hydroxylation is 1. The van der Waals surface area contributed by atoms with E-state index in [1.165, 1.54) is 0 Å². The first-order valence-electron chi connectivity index (χ1n) is 5.99. The summed E-state index contributed by atoms with van der Waals surface area (Å²) in [6.07, 6.45) is 0.856. The second-order valence-corrected chi connectivity index (χ2v) is 7.24. The zero-order chi connectivity index (χ0) is 13.2. The fraction of sp³-hybridized carbons (Fsp3) is 0.500. The summed E-state index contributed by atoms with van der Waals surface area (Å²) in [5.41, 5.74) is 0.779. The van der Waals surface area contributed by atoms with Gasteiger partial charge in [-0.3, -0.25) is 0 Å². The largest absolute Gasteiger partial charge is 0.315 e. The van der Waals surface area contributed by atoms with Crippen LogP contribution in [0.1, 0.15) is 12.0 Å². The zero-order valence-corrected chi connectivity index (χ0v) is 13.9. The van der Waals surface area contributed by atoms with Crippen molar-refractivity contribution in [3.8, 4) is 0 Å². The Balaban J connectivity index is 0.00000180. The molecule has 0 unspecified atom stereocenters. The Labute approximate surface area is 129 Å². The van der Waals surface area contributed by atoms with Crippen molar-refractivity contribution in [1.82, 2.24) is 9.62 Å². The normalized spacial score (nSPS) is 17.6. The van der Waals surface area contributed by atoms with E-state index in [1.807, 2.05) is 13.0 Å². The minimum absolute atomic E-state index is 0. The molecule has 1 aliphatic heterocycles. The predicted octanol–water partition coefficient (Wildman–Crippen LogP) is 2.16. The smallest absolute Gasteiger partial charge is 0.243 e. The summed E-state index contributed by atoms with van der Waals surface area (Å²) in [6.45, 7) is 4.55. The first kappa shape index (κ1) is 16.9. The molecule has 1 aromatic rings. The third-order valence-electron chi connectivity index (χ3n) is 3.05. The van der Waals surface area contributed by atoms with Crippen molar-refractivity contribution in [3.05, 3.63) is 28.2 Å². The Morgan fingerprint density at radius 3 is 2.68 bits per heavy atom. The van der Waals surface area contributed by atoms with Crippen LogP contribution in [0.5, 0.6) is 0 Å². The first-order valence-corrected chi connectivity index (χ1v) is 8.22. The van der Waals surface area contributed by atoms with E-state index in [2.05, 4.69) is 21.2 Å². The third-order valence-corrected chi connectivity index (χ3v) is 5.61. The molecule has 0 radical (unpaired) electrons. The summed E-state index contributed by atoms with van der Waals surface area (Å²) in [7, 11) is -3.36. The maximum absolute atomic E-state index is 12.6. The van der Waals surface area contributed by atoms with Gasteiger partial charge in [0.2, 0.25) is 10.0 Å². The Hall–Kier alpha value is -0.140. The van der Waals surface area contributed by atoms with Crippen LogP contribution >= 0.6 is 28.3 Å². The van der Waals surface area contributed by atoms with Crippen LogP contribution in [0.3, 0.4) is 0 Å². The fourth-order valence-corrected chi connectivity index (χ4v) is 4.26. The van der Waals surface area contributed by atoms with Crippen molar-refractivity contribution in [2.24, 2.45) is 0 Å². The molecule has 1 N–H and O–H groups in total. The van der Waals surface area contributed by atoms with Gasteiger partial charge in [-0.15, -0.1) is 12.4 Å². The number of hydrogen-bond acceptors (Lipinski definition) is 3. The minimum atomic E-state index is -3.36. The molecule has 1 fully saturated rings. The van der Waals surface area contributed by atoms with E-state index >= 15 is 0 Å². The van der Waals surface area contributed by atoms with Gasteiger partial charge in [0.15, 0.2) is 0 Å². The molecule has 0 amide bonds. The van der Waals surface area contributed by atoms with Gasteiger partial charge >= 0.3 is 0 Å². The number of benzene rings is 1. The van der Waals surface area contributed by atoms with Gasteiger partial charge in [-0.2, -0.15) is 4.31 Å². The van der Waals surface area contributed by atoms with Gasteiger partial charge in [-0.05, 0) is 43.7 Å². The number of rotatable bonds is 2. The molecule has 108 valence electrons. The predicted molar refractivity (Wildman–Crippen MR) is 82.4 cm³/mol. The number of halogens is 2. The van der Waals surface area contributed by atoms with Gasteiger partial charge < -0.3 is 5.32 Å². The van der Waals surface area contributed by atoms with Crippen LogP contribution in [0, 0.1) is 6.92 Å². The molecule has 0 atom stereocenters. The van der Waals surface area contributed by atoms with Gasteiger partial charge in [-0.1, -0.05) is 15.9 Å². The average Bonchev–Trinajstić information content (AvgIpc) is 2.57. The monoisotopic (exact) mass is 368 g/mol. The highest BCUT2D eigenvalue weighted by Gasteiger charge is 2.26. The summed E-state index contributed by atoms with van der Waals surface area (Å²) < 4.78 is 27.6. The molecule has 0 bridgehead atoms. The maximum Gasteiger partial charge on any atom is 0.243 e. The molecule has 1 aromatic carbocycles. The second kappa shape index (κ2) is 7.04. The molecule has 2 rings (SSSR count). The van der Waals surface area contributed by atoms with Crippen LogP contribution in [-0.2, 0) is 10.0 Å². The number of nitrogens with zero attached hydrogens (tertiary/aromatic N) is 1. The summed E-state index contributed by atoms with van der Waals surface area (Å²) in [6, 6.07) is 5.28. The number of nitrogens with one attached hydrogen (secondary N) is 1. The third kappa shape index (κ3) is 3.92. The molecule has 7 heteroatoms. The van der Waals surface area contributed by atoms with Crippen LogP contribution in [0.2, 0.25) is 0 Å². The number of sulfonamides is 1. The van der Waals surface area contributed by atoms with Crippen molar-refractivity contribution < 1.29 is 8.42 Å². The summed E-state index contributed by atoms with van der Waals surface area (Å²) in [5.74, 6) is 0. The SMILES string of the molecule is Cc1cc(Br)ccc1S(=O)(=O)N1CCCNCC1.Cl. The van der Waals surface area contributed by atoms with E-state index < -0.39 is 10.0 Å². The van der Waals surface area contributed by atoms with Gasteiger partial charge in [-0.25, -0.2) is 8.42 Å². The van der Waals surface area contributed by atoms with Crippen LogP contribution < -0.4 is 5.32 Å². The lowest BCUT2D eigenvalue weighted by molar-refractivity contribution is 0.431. The average molecular weight is 370 g/mol. The summed E-state index contributed by atoms with van der Waals surface area (Å²) >= 11 is 3.35. The number of hydrogen-bond donors (Lipinski definition) is 1. The Morgan fingerprint density at radius 1 is 1.26 bits per heavy atom. The van der Waals surface area contributed by atoms with Gasteiger partial charge in [0, 0.05) is 24.1 Å². The minimum Gasteiger partial charge on any atom is -0.315 e. The Bertz CT molecular complexity index is 529. The van der Waals surface area contributed by atoms with Crippen LogP contribution in [0.15, 0.2) is 27.6 Å². The molecule has 0 aromatic heterocycles. The topological polar surface area (TPSA) is 49.4 Å². The fourth-order valence-electron chi connectivity index (χ4n) is 2.10. The van der Waals surface area contributed by atoms with E-state index in [9.17, 15) is 8.42 Å². The van der Waals surface area contributed by atoms with Crippen molar-refractivity contribution in [1.29, 1.82) is 0 Å². The standard InChI is InChI=1S/C12H17BrN2O2S.ClH/c1-10-9-11(13)3-4-12(10)18(16,17)15-7-2-5-14-6-8-15;/h3-4,9,14H,2,5-8H2,1H3;1H. The van der Waals surface area contributed by atoms with E-state index in [-0.39, 0.29) is 12.4 Å². The van der Waals surface area contributed by atoms with E-state index in [0.29, 0.717) is 18.0 Å². The Morgan fingerprint density at radius 2 is 2.00 bits per heavy atom. The van der Waals surface area contributed by atoms with Crippen molar-refractivity contribution in [2.75, 3.05) is 26.2 Å². The van der Waals surface area contributed by atoms with E-state index in [4.69, 9.17) is 0 Å². The van der Waals surface area contributed by atoms with Crippen LogP contribution in [0.4, 0.5) is 0 Å². The van der Waals surface area contributed by atoms with Gasteiger partial charge in [0.1, 0.15) is 0 Å². The highest BCUT2D eigenvalue weighted by molar-refractivity contribution is 9.10. The van der Waals surface area contributed by atoms with Crippen LogP contribution in [-0.4, -0.2) is 38.9 Å². The molecular weight excluding hydrogens is 352 g/mol. The molecule has 0 aliphatic carbocycles. The molecular formula is C12H18BrClN2O2S. The molecule has 1 saturated heterocycles. The van der Waals surface area contributed by atoms with Crippen molar-refractivity contribution in [2.45, 2.75) is 18.2 Å². The highest BCUT2D eigenvalue weighted by atomic mass is 79.9. The van der Waals surface area contributed by atoms with Crippen molar-refractivity contribution >= 4 is 38.4 Å². The molecule has 0 saturated carbocycles. The molecule has 1 aliphatic rings. The van der Waals surface area contributed by atoms with E-state index in [0.717, 1.165) is 29.5 Å². The van der Waals surface area contributed by atoms with Crippen LogP contribution in [0.25, 0.3) is 0 Å². The zero-order valence-electron chi connectivity index (χ0n) is 10.7. The molecule has 19 heavy (non-hydrogen) atoms. The molecule has 4 nitrogen and oxygen atoms in total. The van der Waals surface area contributed by atoms with E-state index in [1.54, 1.807) is 16.4 Å². The Kier molecular flexibility index (Phi) is 6.26. The molecule has 1 heterocycles. The summed E-state index contributed by atoms with van der Waals surface area (Å²) in [5, 5.41) is 3.21. The lowest BCUT2D eigenvalue weighted by Gasteiger charge is -2.20. The van der Waals surface area contributed by atoms with Crippen molar-refractivity contribution in [3.63, 3.8) is 0 Å². The van der Waals surface area contributed by atoms with Gasteiger partial charge in [0.05, 0.1) is 4.90 Å². The second-order valence-electron chi connectivity index (χ2n) is 4.42. The highest BCUT2D eigenvalue weighted by Crippen LogP contribution is 2.23. The lowest BCUT2D eigenvalue weighted by Crippen LogP contribution is -2.34. The lowest BCUT2D eigenvalue weighted by atomic mass is 10.2. The summed E-state index contributed by atoms with van der Waals surface area (Å²) in [4.78, 5) is 0.410. The van der Waals surface area contributed by atoms with Gasteiger partial charge in [0.25, 0.3) is 0 Å². The molecule has 0 spiro atoms. The quantitative estimate of drug-likeness (QED) is 0.869. The first-order chi connectivity index (χ1) is 8.51.